The van der Waals surface area contributed by atoms with Crippen molar-refractivity contribution in [2.45, 2.75) is 36.9 Å². The van der Waals surface area contributed by atoms with Gasteiger partial charge in [-0.05, 0) is 31.6 Å². The summed E-state index contributed by atoms with van der Waals surface area (Å²) in [6.07, 6.45) is 7.26. The SMILES string of the molecule is C1CCSC2(CC1)CCNC2. The molecule has 1 unspecified atom stereocenters. The Morgan fingerprint density at radius 1 is 1.09 bits per heavy atom. The molecular weight excluding hydrogens is 154 g/mol. The quantitative estimate of drug-likeness (QED) is 0.598. The van der Waals surface area contributed by atoms with Crippen LogP contribution >= 0.6 is 11.8 Å². The van der Waals surface area contributed by atoms with Gasteiger partial charge in [-0.15, -0.1) is 0 Å². The number of thioether (sulfide) groups is 1. The van der Waals surface area contributed by atoms with E-state index in [1.54, 1.807) is 0 Å². The Balaban J connectivity index is 1.97. The van der Waals surface area contributed by atoms with E-state index in [0.717, 1.165) is 0 Å². The van der Waals surface area contributed by atoms with Crippen LogP contribution in [0.5, 0.6) is 0 Å². The van der Waals surface area contributed by atoms with Gasteiger partial charge < -0.3 is 5.32 Å². The van der Waals surface area contributed by atoms with Crippen LogP contribution in [0.15, 0.2) is 0 Å². The molecule has 1 N–H and O–H groups in total. The number of hydrogen-bond donors (Lipinski definition) is 1. The van der Waals surface area contributed by atoms with E-state index >= 15 is 0 Å². The molecule has 2 rings (SSSR count). The average Bonchev–Trinajstić information content (AvgIpc) is 2.32. The van der Waals surface area contributed by atoms with Crippen LogP contribution in [0.4, 0.5) is 0 Å². The maximum absolute atomic E-state index is 3.49. The fourth-order valence-electron chi connectivity index (χ4n) is 2.14. The maximum Gasteiger partial charge on any atom is 0.0296 e. The lowest BCUT2D eigenvalue weighted by molar-refractivity contribution is 0.553. The molecule has 2 heteroatoms. The van der Waals surface area contributed by atoms with Gasteiger partial charge in [0.05, 0.1) is 0 Å². The molecule has 0 aromatic carbocycles. The summed E-state index contributed by atoms with van der Waals surface area (Å²) in [6, 6.07) is 0. The normalized spacial score (nSPS) is 39.3. The van der Waals surface area contributed by atoms with Gasteiger partial charge in [-0.1, -0.05) is 12.8 Å². The summed E-state index contributed by atoms with van der Waals surface area (Å²) in [4.78, 5) is 0. The van der Waals surface area contributed by atoms with E-state index in [2.05, 4.69) is 17.1 Å². The standard InChI is InChI=1S/C9H17NS/c1-2-4-9(11-7-3-1)5-6-10-8-9/h10H,1-8H2. The fourth-order valence-corrected chi connectivity index (χ4v) is 3.66. The fraction of sp³-hybridized carbons (Fsp3) is 1.00. The second-order valence-electron chi connectivity index (χ2n) is 3.77. The second kappa shape index (κ2) is 3.36. The zero-order chi connectivity index (χ0) is 7.57. The van der Waals surface area contributed by atoms with Gasteiger partial charge in [-0.3, -0.25) is 0 Å². The van der Waals surface area contributed by atoms with Crippen molar-refractivity contribution in [2.75, 3.05) is 18.8 Å². The minimum Gasteiger partial charge on any atom is -0.315 e. The molecule has 2 aliphatic rings. The molecule has 0 bridgehead atoms. The van der Waals surface area contributed by atoms with E-state index in [1.165, 1.54) is 50.9 Å². The summed E-state index contributed by atoms with van der Waals surface area (Å²) in [5.74, 6) is 1.40. The number of rotatable bonds is 0. The molecule has 0 aromatic heterocycles. The summed E-state index contributed by atoms with van der Waals surface area (Å²) in [5, 5.41) is 3.49. The van der Waals surface area contributed by atoms with Gasteiger partial charge in [0.2, 0.25) is 0 Å². The average molecular weight is 171 g/mol. The molecule has 2 heterocycles. The zero-order valence-corrected chi connectivity index (χ0v) is 7.88. The molecule has 0 saturated carbocycles. The minimum atomic E-state index is 0.663. The van der Waals surface area contributed by atoms with Crippen molar-refractivity contribution in [3.8, 4) is 0 Å². The van der Waals surface area contributed by atoms with E-state index in [0.29, 0.717) is 4.75 Å². The summed E-state index contributed by atoms with van der Waals surface area (Å²) >= 11 is 2.23. The minimum absolute atomic E-state index is 0.663. The van der Waals surface area contributed by atoms with Gasteiger partial charge in [0.25, 0.3) is 0 Å². The third-order valence-electron chi connectivity index (χ3n) is 2.89. The first-order valence-corrected chi connectivity index (χ1v) is 5.75. The van der Waals surface area contributed by atoms with Gasteiger partial charge in [-0.2, -0.15) is 11.8 Å². The Morgan fingerprint density at radius 3 is 2.91 bits per heavy atom. The molecule has 2 aliphatic heterocycles. The summed E-state index contributed by atoms with van der Waals surface area (Å²) in [6.45, 7) is 2.53. The number of hydrogen-bond acceptors (Lipinski definition) is 2. The highest BCUT2D eigenvalue weighted by molar-refractivity contribution is 8.00. The molecule has 11 heavy (non-hydrogen) atoms. The van der Waals surface area contributed by atoms with E-state index in [-0.39, 0.29) is 0 Å². The zero-order valence-electron chi connectivity index (χ0n) is 7.07. The van der Waals surface area contributed by atoms with E-state index in [1.807, 2.05) is 0 Å². The largest absolute Gasteiger partial charge is 0.315 e. The predicted octanol–water partition coefficient (Wildman–Crippen LogP) is 2.03. The van der Waals surface area contributed by atoms with Crippen LogP contribution in [0.25, 0.3) is 0 Å². The molecule has 1 atom stereocenters. The van der Waals surface area contributed by atoms with Gasteiger partial charge in [0, 0.05) is 11.3 Å². The molecule has 0 aliphatic carbocycles. The van der Waals surface area contributed by atoms with E-state index in [9.17, 15) is 0 Å². The molecule has 2 fully saturated rings. The third-order valence-corrected chi connectivity index (χ3v) is 4.55. The first-order valence-electron chi connectivity index (χ1n) is 4.76. The first kappa shape index (κ1) is 7.93. The molecule has 2 saturated heterocycles. The molecule has 0 radical (unpaired) electrons. The smallest absolute Gasteiger partial charge is 0.0296 e. The lowest BCUT2D eigenvalue weighted by Crippen LogP contribution is -2.27. The molecule has 0 amide bonds. The van der Waals surface area contributed by atoms with Gasteiger partial charge in [-0.25, -0.2) is 0 Å². The van der Waals surface area contributed by atoms with Crippen molar-refractivity contribution in [3.05, 3.63) is 0 Å². The molecular formula is C9H17NS. The molecule has 1 spiro atoms. The topological polar surface area (TPSA) is 12.0 Å². The molecule has 64 valence electrons. The van der Waals surface area contributed by atoms with Crippen LogP contribution in [0.1, 0.15) is 32.1 Å². The lowest BCUT2D eigenvalue weighted by Gasteiger charge is -2.25. The Labute approximate surface area is 73.3 Å². The Hall–Kier alpha value is 0.310. The van der Waals surface area contributed by atoms with Crippen LogP contribution in [0.3, 0.4) is 0 Å². The summed E-state index contributed by atoms with van der Waals surface area (Å²) in [5.41, 5.74) is 0. The van der Waals surface area contributed by atoms with Crippen LogP contribution in [-0.2, 0) is 0 Å². The van der Waals surface area contributed by atoms with Gasteiger partial charge >= 0.3 is 0 Å². The van der Waals surface area contributed by atoms with Gasteiger partial charge in [0.1, 0.15) is 0 Å². The van der Waals surface area contributed by atoms with Crippen molar-refractivity contribution in [1.29, 1.82) is 0 Å². The van der Waals surface area contributed by atoms with E-state index < -0.39 is 0 Å². The first-order chi connectivity index (χ1) is 5.41. The Morgan fingerprint density at radius 2 is 2.09 bits per heavy atom. The van der Waals surface area contributed by atoms with Crippen LogP contribution in [0, 0.1) is 0 Å². The summed E-state index contributed by atoms with van der Waals surface area (Å²) in [7, 11) is 0. The van der Waals surface area contributed by atoms with Crippen LogP contribution in [-0.4, -0.2) is 23.6 Å². The predicted molar refractivity (Wildman–Crippen MR) is 51.1 cm³/mol. The highest BCUT2D eigenvalue weighted by atomic mass is 32.2. The highest BCUT2D eigenvalue weighted by Gasteiger charge is 2.34. The monoisotopic (exact) mass is 171 g/mol. The lowest BCUT2D eigenvalue weighted by atomic mass is 10.00. The molecule has 1 nitrogen and oxygen atoms in total. The van der Waals surface area contributed by atoms with Crippen LogP contribution < -0.4 is 5.32 Å². The highest BCUT2D eigenvalue weighted by Crippen LogP contribution is 2.39. The van der Waals surface area contributed by atoms with Crippen LogP contribution in [0.2, 0.25) is 0 Å². The van der Waals surface area contributed by atoms with Crippen molar-refractivity contribution in [2.24, 2.45) is 0 Å². The van der Waals surface area contributed by atoms with Crippen molar-refractivity contribution >= 4 is 11.8 Å². The second-order valence-corrected chi connectivity index (χ2v) is 5.33. The third kappa shape index (κ3) is 1.73. The van der Waals surface area contributed by atoms with Crippen molar-refractivity contribution < 1.29 is 0 Å². The van der Waals surface area contributed by atoms with Gasteiger partial charge in [0.15, 0.2) is 0 Å². The van der Waals surface area contributed by atoms with Crippen molar-refractivity contribution in [3.63, 3.8) is 0 Å². The molecule has 0 aromatic rings. The summed E-state index contributed by atoms with van der Waals surface area (Å²) < 4.78 is 0.663. The van der Waals surface area contributed by atoms with Crippen molar-refractivity contribution in [1.82, 2.24) is 5.32 Å². The van der Waals surface area contributed by atoms with E-state index in [4.69, 9.17) is 0 Å². The Bertz CT molecular complexity index is 120. The maximum atomic E-state index is 3.49. The Kier molecular flexibility index (Phi) is 2.42. The number of nitrogens with one attached hydrogen (secondary N) is 1.